The van der Waals surface area contributed by atoms with Crippen LogP contribution in [-0.2, 0) is 87.7 Å². The van der Waals surface area contributed by atoms with Gasteiger partial charge in [0.15, 0.2) is 0 Å². The van der Waals surface area contributed by atoms with Crippen LogP contribution in [-0.4, -0.2) is 144 Å². The van der Waals surface area contributed by atoms with Crippen molar-refractivity contribution in [3.8, 4) is 0 Å². The van der Waals surface area contributed by atoms with Gasteiger partial charge in [-0.1, -0.05) is 0 Å². The fourth-order valence-electron chi connectivity index (χ4n) is 0. The minimum absolute atomic E-state index is 0. The topological polar surface area (TPSA) is 316 Å². The van der Waals surface area contributed by atoms with E-state index < -0.39 is 45.9 Å². The van der Waals surface area contributed by atoms with Gasteiger partial charge in [0.25, 0.3) is 0 Å². The molecule has 0 heterocycles. The molecular formula is Ba2O15Si5Y2. The van der Waals surface area contributed by atoms with Crippen LogP contribution in [0.25, 0.3) is 0 Å². The van der Waals surface area contributed by atoms with Crippen molar-refractivity contribution in [3.63, 3.8) is 0 Å². The summed E-state index contributed by atoms with van der Waals surface area (Å²) in [6.07, 6.45) is 0. The molecule has 0 bridgehead atoms. The monoisotopic (exact) mass is 833 g/mol. The van der Waals surface area contributed by atoms with Gasteiger partial charge in [-0.25, -0.2) is 0 Å². The van der Waals surface area contributed by atoms with Gasteiger partial charge in [0.1, 0.15) is 0 Å². The van der Waals surface area contributed by atoms with Crippen LogP contribution in [0.1, 0.15) is 0 Å². The van der Waals surface area contributed by atoms with E-state index in [4.69, 9.17) is 70.3 Å². The second-order valence-electron chi connectivity index (χ2n) is 1.25. The summed E-state index contributed by atoms with van der Waals surface area (Å²) in [5, 5.41) is 0. The third kappa shape index (κ3) is 1290. The average molecular weight is 833 g/mol. The van der Waals surface area contributed by atoms with Crippen molar-refractivity contribution in [2.75, 3.05) is 0 Å². The molecular weight excluding hydrogens is 833 g/mol. The molecule has 15 nitrogen and oxygen atoms in total. The molecule has 0 saturated carbocycles. The van der Waals surface area contributed by atoms with Gasteiger partial charge in [-0.05, 0) is 0 Å². The molecule has 0 spiro atoms. The van der Waals surface area contributed by atoms with Crippen molar-refractivity contribution in [2.45, 2.75) is 0 Å². The molecule has 0 aromatic heterocycles. The van der Waals surface area contributed by atoms with Crippen LogP contribution in [0.2, 0.25) is 0 Å². The fraction of sp³-hybridized carbons (Fsp3) is 0. The summed E-state index contributed by atoms with van der Waals surface area (Å²) in [5.41, 5.74) is 0. The summed E-state index contributed by atoms with van der Waals surface area (Å²) >= 11 is 0. The Bertz CT molecular complexity index is 221. The maximum absolute atomic E-state index is 8.52. The second-order valence-corrected chi connectivity index (χ2v) is 3.75. The standard InChI is InChI=1S/2Ba.5O3Si.2Y/c;;5*1-4(2)3;;/q2*+2;5*-2;2*+3. The third-order valence-corrected chi connectivity index (χ3v) is 0. The molecule has 24 heavy (non-hydrogen) atoms. The Morgan fingerprint density at radius 3 is 0.333 bits per heavy atom. The summed E-state index contributed by atoms with van der Waals surface area (Å²) in [7, 11) is -18.1. The predicted molar refractivity (Wildman–Crippen MR) is 43.7 cm³/mol. The zero-order valence-corrected chi connectivity index (χ0v) is 30.8. The molecule has 0 unspecified atom stereocenters. The fourth-order valence-corrected chi connectivity index (χ4v) is 0. The Labute approximate surface area is 273 Å². The molecule has 0 amide bonds. The molecule has 120 valence electrons. The van der Waals surface area contributed by atoms with Crippen molar-refractivity contribution in [1.82, 2.24) is 0 Å². The van der Waals surface area contributed by atoms with Gasteiger partial charge in [0.2, 0.25) is 0 Å². The van der Waals surface area contributed by atoms with Crippen molar-refractivity contribution in [1.29, 1.82) is 0 Å². The zero-order valence-electron chi connectivity index (χ0n) is 11.2. The molecule has 0 aliphatic heterocycles. The van der Waals surface area contributed by atoms with Crippen LogP contribution < -0.4 is 48.0 Å². The summed E-state index contributed by atoms with van der Waals surface area (Å²) in [6, 6.07) is 0. The molecule has 0 rings (SSSR count). The van der Waals surface area contributed by atoms with Gasteiger partial charge in [-0.3, -0.25) is 0 Å². The average Bonchev–Trinajstić information content (AvgIpc) is 1.94. The van der Waals surface area contributed by atoms with Crippen molar-refractivity contribution >= 4 is 144 Å². The van der Waals surface area contributed by atoms with Crippen molar-refractivity contribution in [2.24, 2.45) is 0 Å². The van der Waals surface area contributed by atoms with Crippen LogP contribution in [0, 0.1) is 0 Å². The molecule has 0 aromatic carbocycles. The number of hydrogen-bond acceptors (Lipinski definition) is 15. The van der Waals surface area contributed by atoms with Crippen LogP contribution >= 0.6 is 0 Å². The first-order valence-electron chi connectivity index (χ1n) is 3.06. The van der Waals surface area contributed by atoms with Crippen LogP contribution in [0.15, 0.2) is 0 Å². The van der Waals surface area contributed by atoms with Crippen molar-refractivity contribution < 1.29 is 136 Å². The van der Waals surface area contributed by atoms with Gasteiger partial charge >= 0.3 is 163 Å². The van der Waals surface area contributed by atoms with Gasteiger partial charge < -0.3 is 70.3 Å². The van der Waals surface area contributed by atoms with Crippen LogP contribution in [0.5, 0.6) is 0 Å². The van der Waals surface area contributed by atoms with E-state index in [9.17, 15) is 0 Å². The Kier molecular flexibility index (Phi) is 118. The number of hydrogen-bond donors (Lipinski definition) is 0. The molecule has 0 saturated heterocycles. The Morgan fingerprint density at radius 1 is 0.333 bits per heavy atom. The van der Waals surface area contributed by atoms with E-state index in [0.29, 0.717) is 0 Å². The van der Waals surface area contributed by atoms with Gasteiger partial charge in [0.05, 0.1) is 0 Å². The minimum atomic E-state index is -3.63. The van der Waals surface area contributed by atoms with E-state index >= 15 is 0 Å². The first-order chi connectivity index (χ1) is 8.66. The molecule has 24 heteroatoms. The molecule has 0 aliphatic rings. The van der Waals surface area contributed by atoms with E-state index in [0.717, 1.165) is 0 Å². The van der Waals surface area contributed by atoms with Gasteiger partial charge in [-0.15, -0.1) is 0 Å². The van der Waals surface area contributed by atoms with E-state index in [1.807, 2.05) is 0 Å². The molecule has 0 fully saturated rings. The first kappa shape index (κ1) is 56.4. The third-order valence-electron chi connectivity index (χ3n) is 0. The Balaban J connectivity index is -0.0000000161. The summed E-state index contributed by atoms with van der Waals surface area (Å²) in [6.45, 7) is 0. The van der Waals surface area contributed by atoms with Crippen LogP contribution in [0.4, 0.5) is 0 Å². The molecule has 0 radical (unpaired) electrons. The van der Waals surface area contributed by atoms with Gasteiger partial charge in [0, 0.05) is 45.9 Å². The predicted octanol–water partition coefficient (Wildman–Crippen LogP) is -15.2. The maximum atomic E-state index is 8.52. The molecule has 0 atom stereocenters. The molecule has 0 aromatic rings. The van der Waals surface area contributed by atoms with E-state index in [1.165, 1.54) is 0 Å². The first-order valence-corrected chi connectivity index (χ1v) is 9.19. The van der Waals surface area contributed by atoms with Crippen LogP contribution in [0.3, 0.4) is 0 Å². The number of rotatable bonds is 0. The van der Waals surface area contributed by atoms with E-state index in [2.05, 4.69) is 0 Å². The quantitative estimate of drug-likeness (QED) is 0.205. The van der Waals surface area contributed by atoms with E-state index in [1.54, 1.807) is 0 Å². The Morgan fingerprint density at radius 2 is 0.333 bits per heavy atom. The second kappa shape index (κ2) is 50.3. The minimum Gasteiger partial charge on any atom is -0.672 e. The summed E-state index contributed by atoms with van der Waals surface area (Å²) in [5.74, 6) is 0. The summed E-state index contributed by atoms with van der Waals surface area (Å²) < 4.78 is 42.6. The van der Waals surface area contributed by atoms with Crippen molar-refractivity contribution in [3.05, 3.63) is 0 Å². The Hall–Kier alpha value is 3.44. The van der Waals surface area contributed by atoms with Gasteiger partial charge in [-0.2, -0.15) is 0 Å². The maximum Gasteiger partial charge on any atom is 3.00 e. The molecule has 0 N–H and O–H groups in total. The largest absolute Gasteiger partial charge is 3.00 e. The summed E-state index contributed by atoms with van der Waals surface area (Å²) in [4.78, 5) is 85.2. The normalized spacial score (nSPS) is 5.00. The molecule has 0 aliphatic carbocycles. The SMILES string of the molecule is O=[Si]([O-])[O-].O=[Si]([O-])[O-].O=[Si]([O-])[O-].O=[Si]([O-])[O-].O=[Si]([O-])[O-].[Ba+2].[Ba+2].[Y+3].[Y+3]. The smallest absolute Gasteiger partial charge is 0.672 e. The zero-order chi connectivity index (χ0) is 17.9. The van der Waals surface area contributed by atoms with E-state index in [-0.39, 0.29) is 163 Å².